The van der Waals surface area contributed by atoms with E-state index in [-0.39, 0.29) is 12.5 Å². The third kappa shape index (κ3) is 2.76. The molecule has 2 heterocycles. The van der Waals surface area contributed by atoms with Crippen molar-refractivity contribution in [1.82, 2.24) is 25.5 Å². The van der Waals surface area contributed by atoms with E-state index in [0.717, 1.165) is 31.5 Å². The van der Waals surface area contributed by atoms with Crippen LogP contribution in [0.2, 0.25) is 0 Å². The molecule has 4 rings (SSSR count). The van der Waals surface area contributed by atoms with E-state index < -0.39 is 0 Å². The van der Waals surface area contributed by atoms with Crippen LogP contribution >= 0.6 is 0 Å². The maximum absolute atomic E-state index is 12.1. The first-order valence-electron chi connectivity index (χ1n) is 7.23. The quantitative estimate of drug-likeness (QED) is 0.895. The topological polar surface area (TPSA) is 93.8 Å². The van der Waals surface area contributed by atoms with E-state index in [1.54, 1.807) is 12.3 Å². The van der Waals surface area contributed by atoms with Gasteiger partial charge in [-0.1, -0.05) is 0 Å². The Morgan fingerprint density at radius 2 is 2.05 bits per heavy atom. The van der Waals surface area contributed by atoms with Gasteiger partial charge in [0.05, 0.1) is 6.54 Å². The molecule has 0 radical (unpaired) electrons. The molecule has 108 valence electrons. The monoisotopic (exact) mass is 285 g/mol. The Kier molecular flexibility index (Phi) is 2.90. The zero-order chi connectivity index (χ0) is 14.2. The summed E-state index contributed by atoms with van der Waals surface area (Å²) < 4.78 is 5.50. The van der Waals surface area contributed by atoms with Gasteiger partial charge in [-0.05, 0) is 31.7 Å². The van der Waals surface area contributed by atoms with Gasteiger partial charge in [0.15, 0.2) is 0 Å². The van der Waals surface area contributed by atoms with Crippen LogP contribution in [0.5, 0.6) is 0 Å². The van der Waals surface area contributed by atoms with E-state index >= 15 is 0 Å². The summed E-state index contributed by atoms with van der Waals surface area (Å²) in [6.07, 6.45) is 6.07. The fourth-order valence-electron chi connectivity index (χ4n) is 2.12. The van der Waals surface area contributed by atoms with Crippen molar-refractivity contribution in [3.63, 3.8) is 0 Å². The zero-order valence-electron chi connectivity index (χ0n) is 11.5. The first kappa shape index (κ1) is 12.4. The van der Waals surface area contributed by atoms with Gasteiger partial charge in [-0.2, -0.15) is 0 Å². The number of carbonyl (C=O) groups is 1. The number of amides is 1. The van der Waals surface area contributed by atoms with Crippen LogP contribution in [0.1, 0.15) is 65.6 Å². The SMILES string of the molecule is O=C(NCc1nnc(C2CC2)o1)c1ccnc(C2CC2)n1. The molecule has 21 heavy (non-hydrogen) atoms. The second-order valence-electron chi connectivity index (χ2n) is 5.57. The summed E-state index contributed by atoms with van der Waals surface area (Å²) in [6.45, 7) is 0.224. The summed E-state index contributed by atoms with van der Waals surface area (Å²) in [4.78, 5) is 20.6. The molecule has 2 saturated carbocycles. The Morgan fingerprint density at radius 3 is 2.81 bits per heavy atom. The van der Waals surface area contributed by atoms with Crippen molar-refractivity contribution in [2.45, 2.75) is 44.1 Å². The van der Waals surface area contributed by atoms with E-state index in [2.05, 4.69) is 25.5 Å². The first-order valence-corrected chi connectivity index (χ1v) is 7.23. The van der Waals surface area contributed by atoms with Gasteiger partial charge in [0.1, 0.15) is 11.5 Å². The number of aromatic nitrogens is 4. The highest BCUT2D eigenvalue weighted by Crippen LogP contribution is 2.39. The van der Waals surface area contributed by atoms with E-state index in [9.17, 15) is 4.79 Å². The molecule has 7 nitrogen and oxygen atoms in total. The summed E-state index contributed by atoms with van der Waals surface area (Å²) in [7, 11) is 0. The lowest BCUT2D eigenvalue weighted by Gasteiger charge is -2.03. The highest BCUT2D eigenvalue weighted by atomic mass is 16.4. The Bertz CT molecular complexity index is 676. The Morgan fingerprint density at radius 1 is 1.24 bits per heavy atom. The Labute approximate surface area is 121 Å². The van der Waals surface area contributed by atoms with Gasteiger partial charge in [-0.25, -0.2) is 9.97 Å². The first-order chi connectivity index (χ1) is 10.3. The largest absolute Gasteiger partial charge is 0.423 e. The minimum absolute atomic E-state index is 0.224. The normalized spacial score (nSPS) is 17.7. The maximum Gasteiger partial charge on any atom is 0.270 e. The minimum atomic E-state index is -0.245. The molecule has 7 heteroatoms. The van der Waals surface area contributed by atoms with Crippen molar-refractivity contribution in [2.75, 3.05) is 0 Å². The number of nitrogens with zero attached hydrogens (tertiary/aromatic N) is 4. The van der Waals surface area contributed by atoms with Crippen LogP contribution < -0.4 is 5.32 Å². The molecule has 2 aromatic rings. The van der Waals surface area contributed by atoms with Crippen molar-refractivity contribution in [2.24, 2.45) is 0 Å². The fraction of sp³-hybridized carbons (Fsp3) is 0.500. The number of hydrogen-bond acceptors (Lipinski definition) is 6. The highest BCUT2D eigenvalue weighted by Gasteiger charge is 2.29. The lowest BCUT2D eigenvalue weighted by atomic mass is 10.3. The minimum Gasteiger partial charge on any atom is -0.423 e. The van der Waals surface area contributed by atoms with E-state index in [0.29, 0.717) is 29.3 Å². The molecule has 0 aromatic carbocycles. The summed E-state index contributed by atoms with van der Waals surface area (Å²) in [5.74, 6) is 2.47. The summed E-state index contributed by atoms with van der Waals surface area (Å²) >= 11 is 0. The van der Waals surface area contributed by atoms with Gasteiger partial charge in [0.2, 0.25) is 11.8 Å². The molecule has 0 atom stereocenters. The molecule has 2 fully saturated rings. The van der Waals surface area contributed by atoms with Crippen LogP contribution in [0.15, 0.2) is 16.7 Å². The van der Waals surface area contributed by atoms with Gasteiger partial charge in [-0.15, -0.1) is 10.2 Å². The summed E-state index contributed by atoms with van der Waals surface area (Å²) in [6, 6.07) is 1.62. The number of nitrogens with one attached hydrogen (secondary N) is 1. The van der Waals surface area contributed by atoms with E-state index in [4.69, 9.17) is 4.42 Å². The number of rotatable bonds is 5. The summed E-state index contributed by atoms with van der Waals surface area (Å²) in [5.41, 5.74) is 0.383. The molecule has 0 unspecified atom stereocenters. The van der Waals surface area contributed by atoms with Crippen LogP contribution in [0.3, 0.4) is 0 Å². The van der Waals surface area contributed by atoms with E-state index in [1.807, 2.05) is 0 Å². The molecule has 1 N–H and O–H groups in total. The molecule has 0 aliphatic heterocycles. The van der Waals surface area contributed by atoms with Crippen LogP contribution in [0.4, 0.5) is 0 Å². The molecule has 0 saturated heterocycles. The molecular formula is C14H15N5O2. The molecule has 0 bridgehead atoms. The second kappa shape index (κ2) is 4.91. The van der Waals surface area contributed by atoms with E-state index in [1.165, 1.54) is 0 Å². The van der Waals surface area contributed by atoms with Gasteiger partial charge < -0.3 is 9.73 Å². The van der Waals surface area contributed by atoms with Crippen molar-refractivity contribution < 1.29 is 9.21 Å². The van der Waals surface area contributed by atoms with Gasteiger partial charge >= 0.3 is 0 Å². The average molecular weight is 285 g/mol. The van der Waals surface area contributed by atoms with Crippen molar-refractivity contribution >= 4 is 5.91 Å². The fourth-order valence-corrected chi connectivity index (χ4v) is 2.12. The lowest BCUT2D eigenvalue weighted by molar-refractivity contribution is 0.0941. The van der Waals surface area contributed by atoms with Crippen molar-refractivity contribution in [3.05, 3.63) is 35.6 Å². The molecule has 2 aromatic heterocycles. The molecule has 2 aliphatic carbocycles. The third-order valence-electron chi connectivity index (χ3n) is 3.66. The molecular weight excluding hydrogens is 270 g/mol. The van der Waals surface area contributed by atoms with Crippen molar-refractivity contribution in [1.29, 1.82) is 0 Å². The van der Waals surface area contributed by atoms with Crippen LogP contribution in [0.25, 0.3) is 0 Å². The second-order valence-corrected chi connectivity index (χ2v) is 5.57. The maximum atomic E-state index is 12.1. The van der Waals surface area contributed by atoms with Crippen LogP contribution in [-0.2, 0) is 6.54 Å². The van der Waals surface area contributed by atoms with Gasteiger partial charge in [0.25, 0.3) is 5.91 Å². The predicted molar refractivity (Wildman–Crippen MR) is 71.5 cm³/mol. The Balaban J connectivity index is 1.39. The Hall–Kier alpha value is -2.31. The lowest BCUT2D eigenvalue weighted by Crippen LogP contribution is -2.24. The highest BCUT2D eigenvalue weighted by molar-refractivity contribution is 5.92. The smallest absolute Gasteiger partial charge is 0.270 e. The predicted octanol–water partition coefficient (Wildman–Crippen LogP) is 1.54. The number of carbonyl (C=O) groups excluding carboxylic acids is 1. The van der Waals surface area contributed by atoms with Crippen LogP contribution in [0, 0.1) is 0 Å². The van der Waals surface area contributed by atoms with Crippen molar-refractivity contribution in [3.8, 4) is 0 Å². The number of hydrogen-bond donors (Lipinski definition) is 1. The molecule has 1 amide bonds. The standard InChI is InChI=1S/C14H15N5O2/c20-13(10-5-6-15-12(17-10)8-1-2-8)16-7-11-18-19-14(21-11)9-3-4-9/h5-6,8-9H,1-4,7H2,(H,16,20). The molecule has 0 spiro atoms. The zero-order valence-corrected chi connectivity index (χ0v) is 11.5. The molecule has 2 aliphatic rings. The van der Waals surface area contributed by atoms with Gasteiger partial charge in [-0.3, -0.25) is 4.79 Å². The van der Waals surface area contributed by atoms with Crippen LogP contribution in [-0.4, -0.2) is 26.1 Å². The summed E-state index contributed by atoms with van der Waals surface area (Å²) in [5, 5.41) is 10.7. The average Bonchev–Trinajstić information content (AvgIpc) is 3.43. The van der Waals surface area contributed by atoms with Gasteiger partial charge in [0, 0.05) is 18.0 Å². The third-order valence-corrected chi connectivity index (χ3v) is 3.66.